The number of nitrogens with zero attached hydrogens (tertiary/aromatic N) is 2. The van der Waals surface area contributed by atoms with Crippen LogP contribution in [0.25, 0.3) is 0 Å². The Hall–Kier alpha value is -1.49. The summed E-state index contributed by atoms with van der Waals surface area (Å²) in [5.74, 6) is -0.0534. The number of hydrogen-bond donors (Lipinski definition) is 2. The van der Waals surface area contributed by atoms with E-state index in [0.29, 0.717) is 17.9 Å². The third-order valence-electron chi connectivity index (χ3n) is 2.56. The number of aryl methyl sites for hydroxylation is 1. The summed E-state index contributed by atoms with van der Waals surface area (Å²) in [5, 5.41) is 2.90. The topological polar surface area (TPSA) is 63.3 Å². The van der Waals surface area contributed by atoms with E-state index in [2.05, 4.69) is 10.2 Å². The third-order valence-corrected chi connectivity index (χ3v) is 2.56. The highest BCUT2D eigenvalue weighted by atomic mass is 16.1. The molecule has 1 aromatic heterocycles. The molecule has 0 aromatic carbocycles. The SMILES string of the molecule is CCn1cc(N)cc1C(=O)NCCCN(C)C. The van der Waals surface area contributed by atoms with Gasteiger partial charge in [-0.15, -0.1) is 0 Å². The lowest BCUT2D eigenvalue weighted by molar-refractivity contribution is 0.0943. The van der Waals surface area contributed by atoms with Gasteiger partial charge in [-0.3, -0.25) is 4.79 Å². The number of carbonyl (C=O) groups excluding carboxylic acids is 1. The Kier molecular flexibility index (Phi) is 5.03. The molecule has 17 heavy (non-hydrogen) atoms. The molecule has 5 heteroatoms. The lowest BCUT2D eigenvalue weighted by Gasteiger charge is -2.10. The highest BCUT2D eigenvalue weighted by Crippen LogP contribution is 2.10. The summed E-state index contributed by atoms with van der Waals surface area (Å²) in [5.41, 5.74) is 6.94. The molecule has 1 rings (SSSR count). The van der Waals surface area contributed by atoms with Gasteiger partial charge in [0.05, 0.1) is 5.69 Å². The van der Waals surface area contributed by atoms with Crippen LogP contribution in [-0.4, -0.2) is 42.6 Å². The first kappa shape index (κ1) is 13.6. The lowest BCUT2D eigenvalue weighted by Crippen LogP contribution is -2.28. The number of rotatable bonds is 6. The summed E-state index contributed by atoms with van der Waals surface area (Å²) >= 11 is 0. The highest BCUT2D eigenvalue weighted by molar-refractivity contribution is 5.93. The van der Waals surface area contributed by atoms with Gasteiger partial charge in [0.15, 0.2) is 0 Å². The second kappa shape index (κ2) is 6.30. The molecular weight excluding hydrogens is 216 g/mol. The van der Waals surface area contributed by atoms with Crippen LogP contribution in [0.2, 0.25) is 0 Å². The van der Waals surface area contributed by atoms with E-state index in [1.54, 1.807) is 12.3 Å². The molecule has 0 atom stereocenters. The Morgan fingerprint density at radius 2 is 2.24 bits per heavy atom. The van der Waals surface area contributed by atoms with Crippen LogP contribution in [-0.2, 0) is 6.54 Å². The predicted octanol–water partition coefficient (Wildman–Crippen LogP) is 0.772. The van der Waals surface area contributed by atoms with Crippen molar-refractivity contribution in [3.8, 4) is 0 Å². The zero-order valence-corrected chi connectivity index (χ0v) is 10.9. The van der Waals surface area contributed by atoms with Crippen molar-refractivity contribution in [2.75, 3.05) is 32.9 Å². The van der Waals surface area contributed by atoms with Gasteiger partial charge < -0.3 is 20.5 Å². The van der Waals surface area contributed by atoms with Crippen molar-refractivity contribution in [3.05, 3.63) is 18.0 Å². The summed E-state index contributed by atoms with van der Waals surface area (Å²) in [7, 11) is 4.04. The molecule has 0 fully saturated rings. The minimum absolute atomic E-state index is 0.0534. The fourth-order valence-corrected chi connectivity index (χ4v) is 1.67. The van der Waals surface area contributed by atoms with Crippen molar-refractivity contribution >= 4 is 11.6 Å². The molecule has 3 N–H and O–H groups in total. The normalized spacial score (nSPS) is 10.8. The van der Waals surface area contributed by atoms with E-state index in [0.717, 1.165) is 19.5 Å². The van der Waals surface area contributed by atoms with Crippen LogP contribution in [0, 0.1) is 0 Å². The third kappa shape index (κ3) is 4.11. The smallest absolute Gasteiger partial charge is 0.267 e. The number of nitrogens with two attached hydrogens (primary N) is 1. The number of hydrogen-bond acceptors (Lipinski definition) is 3. The van der Waals surface area contributed by atoms with Gasteiger partial charge in [-0.2, -0.15) is 0 Å². The Bertz CT molecular complexity index is 371. The Morgan fingerprint density at radius 1 is 1.53 bits per heavy atom. The fourth-order valence-electron chi connectivity index (χ4n) is 1.67. The van der Waals surface area contributed by atoms with Gasteiger partial charge in [0.25, 0.3) is 5.91 Å². The second-order valence-corrected chi connectivity index (χ2v) is 4.36. The summed E-state index contributed by atoms with van der Waals surface area (Å²) in [6, 6.07) is 1.71. The predicted molar refractivity (Wildman–Crippen MR) is 70.0 cm³/mol. The maximum absolute atomic E-state index is 11.9. The van der Waals surface area contributed by atoms with E-state index >= 15 is 0 Å². The molecule has 0 saturated heterocycles. The summed E-state index contributed by atoms with van der Waals surface area (Å²) in [6.45, 7) is 4.39. The number of amides is 1. The van der Waals surface area contributed by atoms with E-state index in [9.17, 15) is 4.79 Å². The van der Waals surface area contributed by atoms with Crippen LogP contribution < -0.4 is 11.1 Å². The first-order chi connectivity index (χ1) is 8.04. The molecule has 5 nitrogen and oxygen atoms in total. The average Bonchev–Trinajstić information content (AvgIpc) is 2.65. The maximum Gasteiger partial charge on any atom is 0.267 e. The van der Waals surface area contributed by atoms with Crippen molar-refractivity contribution in [2.45, 2.75) is 19.9 Å². The zero-order valence-electron chi connectivity index (χ0n) is 10.9. The van der Waals surface area contributed by atoms with Crippen molar-refractivity contribution < 1.29 is 4.79 Å². The Labute approximate surface area is 103 Å². The average molecular weight is 238 g/mol. The number of nitrogens with one attached hydrogen (secondary N) is 1. The van der Waals surface area contributed by atoms with Gasteiger partial charge in [0.1, 0.15) is 5.69 Å². The largest absolute Gasteiger partial charge is 0.397 e. The van der Waals surface area contributed by atoms with Crippen LogP contribution >= 0.6 is 0 Å². The summed E-state index contributed by atoms with van der Waals surface area (Å²) in [4.78, 5) is 14.0. The second-order valence-electron chi connectivity index (χ2n) is 4.36. The number of anilines is 1. The van der Waals surface area contributed by atoms with Crippen LogP contribution in [0.5, 0.6) is 0 Å². The zero-order chi connectivity index (χ0) is 12.8. The van der Waals surface area contributed by atoms with Gasteiger partial charge in [-0.1, -0.05) is 0 Å². The molecule has 1 heterocycles. The highest BCUT2D eigenvalue weighted by Gasteiger charge is 2.11. The molecule has 0 radical (unpaired) electrons. The molecule has 0 aliphatic heterocycles. The van der Waals surface area contributed by atoms with Crippen molar-refractivity contribution in [2.24, 2.45) is 0 Å². The fraction of sp³-hybridized carbons (Fsp3) is 0.583. The first-order valence-corrected chi connectivity index (χ1v) is 5.93. The van der Waals surface area contributed by atoms with E-state index < -0.39 is 0 Å². The number of nitrogen functional groups attached to an aromatic ring is 1. The van der Waals surface area contributed by atoms with Crippen molar-refractivity contribution in [1.29, 1.82) is 0 Å². The molecule has 0 unspecified atom stereocenters. The lowest BCUT2D eigenvalue weighted by atomic mass is 10.3. The van der Waals surface area contributed by atoms with Gasteiger partial charge in [0, 0.05) is 19.3 Å². The number of aromatic nitrogens is 1. The van der Waals surface area contributed by atoms with Crippen LogP contribution in [0.4, 0.5) is 5.69 Å². The standard InChI is InChI=1S/C12H22N4O/c1-4-16-9-10(13)8-11(16)12(17)14-6-5-7-15(2)3/h8-9H,4-7,13H2,1-3H3,(H,14,17). The molecule has 1 amide bonds. The molecule has 96 valence electrons. The molecule has 0 aliphatic rings. The first-order valence-electron chi connectivity index (χ1n) is 5.93. The minimum Gasteiger partial charge on any atom is -0.397 e. The Balaban J connectivity index is 2.46. The summed E-state index contributed by atoms with van der Waals surface area (Å²) in [6.07, 6.45) is 2.73. The molecule has 0 aliphatic carbocycles. The van der Waals surface area contributed by atoms with E-state index in [4.69, 9.17) is 5.73 Å². The van der Waals surface area contributed by atoms with Gasteiger partial charge in [-0.05, 0) is 40.1 Å². The van der Waals surface area contributed by atoms with E-state index in [1.165, 1.54) is 0 Å². The van der Waals surface area contributed by atoms with Crippen molar-refractivity contribution in [3.63, 3.8) is 0 Å². The molecular formula is C12H22N4O. The minimum atomic E-state index is -0.0534. The van der Waals surface area contributed by atoms with Crippen LogP contribution in [0.1, 0.15) is 23.8 Å². The quantitative estimate of drug-likeness (QED) is 0.720. The van der Waals surface area contributed by atoms with Gasteiger partial charge in [0.2, 0.25) is 0 Å². The van der Waals surface area contributed by atoms with Crippen LogP contribution in [0.3, 0.4) is 0 Å². The Morgan fingerprint density at radius 3 is 2.82 bits per heavy atom. The molecule has 0 bridgehead atoms. The molecule has 0 saturated carbocycles. The van der Waals surface area contributed by atoms with E-state index in [-0.39, 0.29) is 5.91 Å². The molecule has 0 spiro atoms. The molecule has 1 aromatic rings. The number of carbonyl (C=O) groups is 1. The van der Waals surface area contributed by atoms with Crippen molar-refractivity contribution in [1.82, 2.24) is 14.8 Å². The van der Waals surface area contributed by atoms with Crippen LogP contribution in [0.15, 0.2) is 12.3 Å². The summed E-state index contributed by atoms with van der Waals surface area (Å²) < 4.78 is 1.86. The van der Waals surface area contributed by atoms with Gasteiger partial charge in [-0.25, -0.2) is 0 Å². The monoisotopic (exact) mass is 238 g/mol. The van der Waals surface area contributed by atoms with E-state index in [1.807, 2.05) is 25.6 Å². The maximum atomic E-state index is 11.9. The van der Waals surface area contributed by atoms with Gasteiger partial charge >= 0.3 is 0 Å².